The van der Waals surface area contributed by atoms with Gasteiger partial charge in [0.1, 0.15) is 5.82 Å². The Kier molecular flexibility index (Phi) is 8.28. The SMILES string of the molecule is CCCCC(CC)CN(CCCN)c1cccc(F)c1. The monoisotopic (exact) mass is 280 g/mol. The van der Waals surface area contributed by atoms with Gasteiger partial charge < -0.3 is 10.6 Å². The van der Waals surface area contributed by atoms with Gasteiger partial charge >= 0.3 is 0 Å². The van der Waals surface area contributed by atoms with E-state index in [2.05, 4.69) is 18.7 Å². The Morgan fingerprint density at radius 3 is 2.65 bits per heavy atom. The van der Waals surface area contributed by atoms with E-state index < -0.39 is 0 Å². The molecule has 3 heteroatoms. The molecule has 0 amide bonds. The summed E-state index contributed by atoms with van der Waals surface area (Å²) in [4.78, 5) is 2.29. The van der Waals surface area contributed by atoms with Crippen molar-refractivity contribution in [1.82, 2.24) is 0 Å². The number of hydrogen-bond donors (Lipinski definition) is 1. The van der Waals surface area contributed by atoms with Gasteiger partial charge in [0.05, 0.1) is 0 Å². The van der Waals surface area contributed by atoms with Crippen LogP contribution < -0.4 is 10.6 Å². The molecule has 1 unspecified atom stereocenters. The van der Waals surface area contributed by atoms with Crippen molar-refractivity contribution < 1.29 is 4.39 Å². The zero-order valence-electron chi connectivity index (χ0n) is 12.9. The molecule has 0 saturated carbocycles. The number of halogens is 1. The van der Waals surface area contributed by atoms with E-state index in [1.54, 1.807) is 12.1 Å². The Bertz CT molecular complexity index is 368. The maximum Gasteiger partial charge on any atom is 0.125 e. The third kappa shape index (κ3) is 5.91. The third-order valence-electron chi connectivity index (χ3n) is 3.83. The van der Waals surface area contributed by atoms with Crippen molar-refractivity contribution in [2.24, 2.45) is 11.7 Å². The highest BCUT2D eigenvalue weighted by molar-refractivity contribution is 5.46. The molecule has 1 atom stereocenters. The molecule has 2 N–H and O–H groups in total. The number of unbranched alkanes of at least 4 members (excludes halogenated alkanes) is 1. The fourth-order valence-corrected chi connectivity index (χ4v) is 2.51. The Balaban J connectivity index is 2.72. The molecule has 0 fully saturated rings. The number of hydrogen-bond acceptors (Lipinski definition) is 2. The van der Waals surface area contributed by atoms with Gasteiger partial charge in [0.2, 0.25) is 0 Å². The predicted octanol–water partition coefficient (Wildman–Crippen LogP) is 4.20. The van der Waals surface area contributed by atoms with Crippen molar-refractivity contribution in [2.45, 2.75) is 46.0 Å². The van der Waals surface area contributed by atoms with Crippen LogP contribution >= 0.6 is 0 Å². The zero-order chi connectivity index (χ0) is 14.8. The second-order valence-corrected chi connectivity index (χ2v) is 5.48. The molecule has 0 aromatic heterocycles. The van der Waals surface area contributed by atoms with Crippen LogP contribution in [-0.2, 0) is 0 Å². The molecule has 114 valence electrons. The molecule has 1 aromatic rings. The van der Waals surface area contributed by atoms with Crippen LogP contribution in [0.4, 0.5) is 10.1 Å². The lowest BCUT2D eigenvalue weighted by atomic mass is 9.98. The van der Waals surface area contributed by atoms with Crippen molar-refractivity contribution in [3.8, 4) is 0 Å². The second kappa shape index (κ2) is 9.76. The average molecular weight is 280 g/mol. The minimum absolute atomic E-state index is 0.165. The number of nitrogens with zero attached hydrogens (tertiary/aromatic N) is 1. The van der Waals surface area contributed by atoms with E-state index in [9.17, 15) is 4.39 Å². The number of rotatable bonds is 10. The van der Waals surface area contributed by atoms with Crippen molar-refractivity contribution in [1.29, 1.82) is 0 Å². The highest BCUT2D eigenvalue weighted by Crippen LogP contribution is 2.21. The quantitative estimate of drug-likeness (QED) is 0.696. The molecule has 2 nitrogen and oxygen atoms in total. The highest BCUT2D eigenvalue weighted by Gasteiger charge is 2.13. The van der Waals surface area contributed by atoms with Gasteiger partial charge in [-0.3, -0.25) is 0 Å². The number of nitrogens with two attached hydrogens (primary N) is 1. The fraction of sp³-hybridized carbons (Fsp3) is 0.647. The summed E-state index contributed by atoms with van der Waals surface area (Å²) in [6.07, 6.45) is 5.88. The van der Waals surface area contributed by atoms with Crippen LogP contribution in [0, 0.1) is 11.7 Å². The molecule has 0 heterocycles. The van der Waals surface area contributed by atoms with E-state index in [4.69, 9.17) is 5.73 Å². The predicted molar refractivity (Wildman–Crippen MR) is 85.6 cm³/mol. The van der Waals surface area contributed by atoms with Gasteiger partial charge in [-0.25, -0.2) is 4.39 Å². The van der Waals surface area contributed by atoms with Crippen molar-refractivity contribution in [3.05, 3.63) is 30.1 Å². The van der Waals surface area contributed by atoms with Crippen LogP contribution in [0.1, 0.15) is 46.0 Å². The minimum atomic E-state index is -0.165. The highest BCUT2D eigenvalue weighted by atomic mass is 19.1. The number of anilines is 1. The van der Waals surface area contributed by atoms with E-state index in [1.807, 2.05) is 6.07 Å². The summed E-state index contributed by atoms with van der Waals surface area (Å²) in [6.45, 7) is 7.05. The summed E-state index contributed by atoms with van der Waals surface area (Å²) >= 11 is 0. The first-order valence-electron chi connectivity index (χ1n) is 7.91. The van der Waals surface area contributed by atoms with Crippen LogP contribution in [-0.4, -0.2) is 19.6 Å². The van der Waals surface area contributed by atoms with Crippen LogP contribution in [0.2, 0.25) is 0 Å². The molecule has 0 aliphatic rings. The summed E-state index contributed by atoms with van der Waals surface area (Å²) < 4.78 is 13.4. The van der Waals surface area contributed by atoms with Gasteiger partial charge in [-0.15, -0.1) is 0 Å². The maximum absolute atomic E-state index is 13.4. The largest absolute Gasteiger partial charge is 0.371 e. The molecule has 0 saturated heterocycles. The van der Waals surface area contributed by atoms with Gasteiger partial charge in [0.25, 0.3) is 0 Å². The van der Waals surface area contributed by atoms with Gasteiger partial charge in [-0.1, -0.05) is 39.2 Å². The van der Waals surface area contributed by atoms with Crippen LogP contribution in [0.25, 0.3) is 0 Å². The summed E-state index contributed by atoms with van der Waals surface area (Å²) in [7, 11) is 0. The van der Waals surface area contributed by atoms with Crippen molar-refractivity contribution in [3.63, 3.8) is 0 Å². The first kappa shape index (κ1) is 17.0. The lowest BCUT2D eigenvalue weighted by Crippen LogP contribution is -2.31. The summed E-state index contributed by atoms with van der Waals surface area (Å²) in [5.41, 5.74) is 6.61. The molecular weight excluding hydrogens is 251 g/mol. The van der Waals surface area contributed by atoms with Crippen LogP contribution in [0.15, 0.2) is 24.3 Å². The lowest BCUT2D eigenvalue weighted by molar-refractivity contribution is 0.444. The Hall–Kier alpha value is -1.09. The molecule has 0 aliphatic heterocycles. The molecule has 0 spiro atoms. The molecule has 0 aliphatic carbocycles. The molecule has 20 heavy (non-hydrogen) atoms. The third-order valence-corrected chi connectivity index (χ3v) is 3.83. The summed E-state index contributed by atoms with van der Waals surface area (Å²) in [5, 5.41) is 0. The smallest absolute Gasteiger partial charge is 0.125 e. The average Bonchev–Trinajstić information content (AvgIpc) is 2.46. The van der Waals surface area contributed by atoms with Crippen LogP contribution in [0.3, 0.4) is 0 Å². The minimum Gasteiger partial charge on any atom is -0.371 e. The van der Waals surface area contributed by atoms with Crippen LogP contribution in [0.5, 0.6) is 0 Å². The summed E-state index contributed by atoms with van der Waals surface area (Å²) in [5.74, 6) is 0.512. The summed E-state index contributed by atoms with van der Waals surface area (Å²) in [6, 6.07) is 6.90. The fourth-order valence-electron chi connectivity index (χ4n) is 2.51. The standard InChI is InChI=1S/C17H29FN2/c1-3-5-8-15(4-2)14-20(12-7-11-19)17-10-6-9-16(18)13-17/h6,9-10,13,15H,3-5,7-8,11-12,14,19H2,1-2H3. The van der Waals surface area contributed by atoms with Gasteiger partial charge in [-0.05, 0) is 43.5 Å². The number of benzene rings is 1. The van der Waals surface area contributed by atoms with E-state index in [-0.39, 0.29) is 5.82 Å². The van der Waals surface area contributed by atoms with E-state index in [0.717, 1.165) is 25.2 Å². The normalized spacial score (nSPS) is 12.4. The van der Waals surface area contributed by atoms with Crippen molar-refractivity contribution in [2.75, 3.05) is 24.5 Å². The zero-order valence-corrected chi connectivity index (χ0v) is 12.9. The molecule has 1 rings (SSSR count). The Labute approximate surface area is 123 Å². The first-order valence-corrected chi connectivity index (χ1v) is 7.91. The van der Waals surface area contributed by atoms with E-state index in [0.29, 0.717) is 12.5 Å². The van der Waals surface area contributed by atoms with Gasteiger partial charge in [0.15, 0.2) is 0 Å². The van der Waals surface area contributed by atoms with Gasteiger partial charge in [0, 0.05) is 18.8 Å². The molecular formula is C17H29FN2. The Morgan fingerprint density at radius 1 is 1.25 bits per heavy atom. The molecule has 0 bridgehead atoms. The first-order chi connectivity index (χ1) is 9.71. The molecule has 0 radical (unpaired) electrons. The van der Waals surface area contributed by atoms with E-state index >= 15 is 0 Å². The van der Waals surface area contributed by atoms with Crippen molar-refractivity contribution >= 4 is 5.69 Å². The topological polar surface area (TPSA) is 29.3 Å². The molecule has 1 aromatic carbocycles. The lowest BCUT2D eigenvalue weighted by Gasteiger charge is -2.29. The van der Waals surface area contributed by atoms with E-state index in [1.165, 1.54) is 31.7 Å². The second-order valence-electron chi connectivity index (χ2n) is 5.48. The van der Waals surface area contributed by atoms with Gasteiger partial charge in [-0.2, -0.15) is 0 Å². The Morgan fingerprint density at radius 2 is 2.05 bits per heavy atom. The maximum atomic E-state index is 13.4.